The van der Waals surface area contributed by atoms with E-state index < -0.39 is 19.8 Å². The summed E-state index contributed by atoms with van der Waals surface area (Å²) >= 11 is 0. The first kappa shape index (κ1) is 26.6. The number of hydrogen-bond donors (Lipinski definition) is 1. The molecule has 0 unspecified atom stereocenters. The van der Waals surface area contributed by atoms with Crippen molar-refractivity contribution >= 4 is 18.9 Å². The van der Waals surface area contributed by atoms with Crippen LogP contribution in [0.5, 0.6) is 5.75 Å². The van der Waals surface area contributed by atoms with Crippen molar-refractivity contribution in [3.63, 3.8) is 0 Å². The zero-order valence-electron chi connectivity index (χ0n) is 22.6. The molecule has 0 aromatic heterocycles. The summed E-state index contributed by atoms with van der Waals surface area (Å²) in [5.74, 6) is 0.686. The highest BCUT2D eigenvalue weighted by atomic mass is 28.4. The molecule has 3 nitrogen and oxygen atoms in total. The first-order valence-electron chi connectivity index (χ1n) is 13.3. The number of benzene rings is 5. The van der Waals surface area contributed by atoms with Crippen LogP contribution in [0.25, 0.3) is 0 Å². The van der Waals surface area contributed by atoms with Gasteiger partial charge in [0.05, 0.1) is 5.60 Å². The van der Waals surface area contributed by atoms with Gasteiger partial charge in [-0.05, 0) is 49.6 Å². The molecule has 0 aliphatic rings. The van der Waals surface area contributed by atoms with Crippen LogP contribution < -0.4 is 14.8 Å². The molecular formula is C35H34O3Si. The predicted molar refractivity (Wildman–Crippen MR) is 161 cm³/mol. The fourth-order valence-electron chi connectivity index (χ4n) is 4.96. The maximum Gasteiger partial charge on any atom is 0.469 e. The van der Waals surface area contributed by atoms with Gasteiger partial charge < -0.3 is 14.0 Å². The van der Waals surface area contributed by atoms with E-state index in [9.17, 15) is 5.11 Å². The molecule has 39 heavy (non-hydrogen) atoms. The smallest absolute Gasteiger partial charge is 0.469 e. The lowest BCUT2D eigenvalue weighted by molar-refractivity contribution is 0.101. The minimum Gasteiger partial charge on any atom is -0.514 e. The molecule has 0 spiro atoms. The largest absolute Gasteiger partial charge is 0.514 e. The first-order chi connectivity index (χ1) is 18.8. The Bertz CT molecular complexity index is 1390. The lowest BCUT2D eigenvalue weighted by Gasteiger charge is -2.37. The highest BCUT2D eigenvalue weighted by molar-refractivity contribution is 6.93. The van der Waals surface area contributed by atoms with Crippen molar-refractivity contribution in [1.82, 2.24) is 0 Å². The van der Waals surface area contributed by atoms with Crippen LogP contribution in [-0.2, 0) is 10.0 Å². The third-order valence-electron chi connectivity index (χ3n) is 6.67. The SMILES string of the molecule is CC(C)(C)O[Si](Oc1ccc(C(O)(c2ccccc2)c2ccccc2)cc1)(c1ccccc1)c1ccccc1. The van der Waals surface area contributed by atoms with Gasteiger partial charge in [0, 0.05) is 10.4 Å². The summed E-state index contributed by atoms with van der Waals surface area (Å²) in [7, 11) is -3.18. The Labute approximate surface area is 232 Å². The summed E-state index contributed by atoms with van der Waals surface area (Å²) < 4.78 is 13.9. The molecule has 1 N–H and O–H groups in total. The average Bonchev–Trinajstić information content (AvgIpc) is 2.98. The van der Waals surface area contributed by atoms with Crippen LogP contribution in [0.1, 0.15) is 37.5 Å². The van der Waals surface area contributed by atoms with Crippen molar-refractivity contribution in [2.75, 3.05) is 0 Å². The Morgan fingerprint density at radius 3 is 1.23 bits per heavy atom. The van der Waals surface area contributed by atoms with Crippen LogP contribution in [0.3, 0.4) is 0 Å². The Kier molecular flexibility index (Phi) is 7.53. The van der Waals surface area contributed by atoms with E-state index in [1.165, 1.54) is 0 Å². The summed E-state index contributed by atoms with van der Waals surface area (Å²) in [5.41, 5.74) is 0.613. The fourth-order valence-corrected chi connectivity index (χ4v) is 8.40. The van der Waals surface area contributed by atoms with Gasteiger partial charge in [0.1, 0.15) is 11.4 Å². The zero-order valence-corrected chi connectivity index (χ0v) is 23.6. The molecule has 0 amide bonds. The Balaban J connectivity index is 1.60. The molecule has 5 rings (SSSR count). The normalized spacial score (nSPS) is 12.2. The van der Waals surface area contributed by atoms with Gasteiger partial charge >= 0.3 is 8.56 Å². The van der Waals surface area contributed by atoms with E-state index in [1.807, 2.05) is 121 Å². The number of hydrogen-bond acceptors (Lipinski definition) is 3. The van der Waals surface area contributed by atoms with Crippen molar-refractivity contribution in [2.45, 2.75) is 32.0 Å². The van der Waals surface area contributed by atoms with Gasteiger partial charge in [0.2, 0.25) is 0 Å². The summed E-state index contributed by atoms with van der Waals surface area (Å²) in [6, 6.07) is 47.8. The second kappa shape index (κ2) is 11.0. The minimum atomic E-state index is -3.18. The summed E-state index contributed by atoms with van der Waals surface area (Å²) in [6.45, 7) is 6.19. The highest BCUT2D eigenvalue weighted by Gasteiger charge is 2.48. The second-order valence-corrected chi connectivity index (χ2v) is 13.4. The molecule has 5 aromatic rings. The van der Waals surface area contributed by atoms with Gasteiger partial charge in [-0.25, -0.2) is 0 Å². The third kappa shape index (κ3) is 5.59. The van der Waals surface area contributed by atoms with Gasteiger partial charge in [-0.3, -0.25) is 0 Å². The van der Waals surface area contributed by atoms with Gasteiger partial charge in [-0.2, -0.15) is 0 Å². The summed E-state index contributed by atoms with van der Waals surface area (Å²) in [4.78, 5) is 0. The Morgan fingerprint density at radius 2 is 0.846 bits per heavy atom. The molecule has 0 heterocycles. The summed E-state index contributed by atoms with van der Waals surface area (Å²) in [6.07, 6.45) is 0. The van der Waals surface area contributed by atoms with Crippen molar-refractivity contribution < 1.29 is 14.0 Å². The van der Waals surface area contributed by atoms with Crippen molar-refractivity contribution in [1.29, 1.82) is 0 Å². The quantitative estimate of drug-likeness (QED) is 0.186. The molecule has 0 aliphatic heterocycles. The molecule has 196 valence electrons. The van der Waals surface area contributed by atoms with E-state index in [2.05, 4.69) is 45.0 Å². The Morgan fingerprint density at radius 1 is 0.487 bits per heavy atom. The zero-order chi connectivity index (χ0) is 27.3. The standard InChI is InChI=1S/C35H34O3Si/c1-34(2,3)38-39(32-20-12-6-13-21-32,33-22-14-7-15-23-33)37-31-26-24-30(25-27-31)35(36,28-16-8-4-9-17-28)29-18-10-5-11-19-29/h4-27,36H,1-3H3. The molecule has 0 aliphatic carbocycles. The van der Waals surface area contributed by atoms with Gasteiger partial charge in [0.15, 0.2) is 0 Å². The monoisotopic (exact) mass is 530 g/mol. The van der Waals surface area contributed by atoms with Gasteiger partial charge in [-0.15, -0.1) is 0 Å². The van der Waals surface area contributed by atoms with Crippen LogP contribution in [0, 0.1) is 0 Å². The molecular weight excluding hydrogens is 496 g/mol. The van der Waals surface area contributed by atoms with E-state index in [1.54, 1.807) is 0 Å². The molecule has 0 radical (unpaired) electrons. The maximum absolute atomic E-state index is 12.2. The second-order valence-electron chi connectivity index (χ2n) is 10.6. The van der Waals surface area contributed by atoms with E-state index in [0.717, 1.165) is 27.1 Å². The van der Waals surface area contributed by atoms with E-state index in [-0.39, 0.29) is 0 Å². The van der Waals surface area contributed by atoms with Gasteiger partial charge in [0.25, 0.3) is 0 Å². The maximum atomic E-state index is 12.2. The summed E-state index contributed by atoms with van der Waals surface area (Å²) in [5, 5.41) is 14.3. The number of aliphatic hydroxyl groups is 1. The Hall–Kier alpha value is -3.96. The van der Waals surface area contributed by atoms with E-state index >= 15 is 0 Å². The lowest BCUT2D eigenvalue weighted by Crippen LogP contribution is -2.68. The van der Waals surface area contributed by atoms with Crippen molar-refractivity contribution in [3.8, 4) is 5.75 Å². The molecule has 0 saturated heterocycles. The molecule has 5 aromatic carbocycles. The van der Waals surface area contributed by atoms with Crippen LogP contribution >= 0.6 is 0 Å². The lowest BCUT2D eigenvalue weighted by atomic mass is 9.80. The topological polar surface area (TPSA) is 38.7 Å². The molecule has 0 atom stereocenters. The molecule has 0 bridgehead atoms. The fraction of sp³-hybridized carbons (Fsp3) is 0.143. The van der Waals surface area contributed by atoms with Crippen molar-refractivity contribution in [3.05, 3.63) is 162 Å². The highest BCUT2D eigenvalue weighted by Crippen LogP contribution is 2.37. The van der Waals surface area contributed by atoms with Gasteiger partial charge in [-0.1, -0.05) is 133 Å². The molecule has 4 heteroatoms. The molecule has 0 saturated carbocycles. The van der Waals surface area contributed by atoms with Crippen LogP contribution in [-0.4, -0.2) is 19.3 Å². The van der Waals surface area contributed by atoms with E-state index in [0.29, 0.717) is 5.75 Å². The minimum absolute atomic E-state index is 0.446. The number of rotatable bonds is 8. The van der Waals surface area contributed by atoms with E-state index in [4.69, 9.17) is 8.85 Å². The third-order valence-corrected chi connectivity index (χ3v) is 10.3. The van der Waals surface area contributed by atoms with Crippen LogP contribution in [0.15, 0.2) is 146 Å². The van der Waals surface area contributed by atoms with Crippen LogP contribution in [0.2, 0.25) is 0 Å². The predicted octanol–water partition coefficient (Wildman–Crippen LogP) is 6.42. The van der Waals surface area contributed by atoms with Crippen LogP contribution in [0.4, 0.5) is 0 Å². The average molecular weight is 531 g/mol. The first-order valence-corrected chi connectivity index (χ1v) is 15.1. The van der Waals surface area contributed by atoms with Crippen molar-refractivity contribution in [2.24, 2.45) is 0 Å². The molecule has 0 fully saturated rings.